The Balaban J connectivity index is 2.60. The largest absolute Gasteiger partial charge is 0.509 e. The third kappa shape index (κ3) is 1.58. The number of rotatable bonds is 0. The van der Waals surface area contributed by atoms with E-state index in [0.29, 0.717) is 11.3 Å². The minimum absolute atomic E-state index is 0.0787. The number of fused-ring (bicyclic) bond motifs is 1. The predicted octanol–water partition coefficient (Wildman–Crippen LogP) is 0.232. The van der Waals surface area contributed by atoms with E-state index in [9.17, 15) is 8.42 Å². The average Bonchev–Trinajstić information content (AvgIpc) is 2.21. The monoisotopic (exact) mass is 211 g/mol. The number of nitrogens with two attached hydrogens (primary N) is 1. The molecule has 6 heteroatoms. The van der Waals surface area contributed by atoms with Crippen LogP contribution in [0.3, 0.4) is 0 Å². The van der Waals surface area contributed by atoms with Crippen LogP contribution in [0.2, 0.25) is 0 Å². The van der Waals surface area contributed by atoms with E-state index in [0.717, 1.165) is 0 Å². The third-order valence-corrected chi connectivity index (χ3v) is 2.20. The lowest BCUT2D eigenvalue weighted by molar-refractivity contribution is 0.379. The molecule has 0 amide bonds. The van der Waals surface area contributed by atoms with Gasteiger partial charge in [0.2, 0.25) is 0 Å². The molecule has 0 saturated carbocycles. The van der Waals surface area contributed by atoms with E-state index in [-0.39, 0.29) is 5.75 Å². The van der Waals surface area contributed by atoms with E-state index in [4.69, 9.17) is 5.73 Å². The molecule has 1 aliphatic heterocycles. The molecule has 0 unspecified atom stereocenters. The van der Waals surface area contributed by atoms with Gasteiger partial charge in [-0.3, -0.25) is 4.18 Å². The van der Waals surface area contributed by atoms with Gasteiger partial charge in [-0.05, 0) is 18.1 Å². The standard InChI is InChI=1S/C8H5NO4S/c9-7-2-1-6-3-4-12-14(10,11)13-8(6)5-7/h1-2,5H,9H2. The van der Waals surface area contributed by atoms with Crippen molar-refractivity contribution in [3.05, 3.63) is 23.8 Å². The van der Waals surface area contributed by atoms with Gasteiger partial charge in [-0.25, -0.2) is 0 Å². The maximum absolute atomic E-state index is 11.0. The lowest BCUT2D eigenvalue weighted by atomic mass is 10.2. The summed E-state index contributed by atoms with van der Waals surface area (Å²) in [7, 11) is -4.08. The summed E-state index contributed by atoms with van der Waals surface area (Å²) in [5.41, 5.74) is 6.27. The van der Waals surface area contributed by atoms with Crippen molar-refractivity contribution in [1.82, 2.24) is 0 Å². The van der Waals surface area contributed by atoms with Crippen LogP contribution in [-0.2, 0) is 14.6 Å². The molecule has 0 bridgehead atoms. The van der Waals surface area contributed by atoms with Crippen molar-refractivity contribution in [3.63, 3.8) is 0 Å². The first kappa shape index (κ1) is 8.72. The molecular formula is C8H5NO4S. The molecule has 72 valence electrons. The van der Waals surface area contributed by atoms with Crippen LogP contribution in [0.15, 0.2) is 18.2 Å². The highest BCUT2D eigenvalue weighted by Crippen LogP contribution is 2.24. The minimum atomic E-state index is -4.08. The maximum atomic E-state index is 11.0. The molecule has 0 aliphatic carbocycles. The summed E-state index contributed by atoms with van der Waals surface area (Å²) in [4.78, 5) is 0. The molecule has 2 N–H and O–H groups in total. The second-order valence-electron chi connectivity index (χ2n) is 2.56. The Kier molecular flexibility index (Phi) is 1.75. The fraction of sp³-hybridized carbons (Fsp3) is 0. The Morgan fingerprint density at radius 3 is 2.93 bits per heavy atom. The molecule has 1 aromatic rings. The second kappa shape index (κ2) is 2.82. The van der Waals surface area contributed by atoms with Crippen molar-refractivity contribution >= 4 is 16.1 Å². The zero-order valence-corrected chi connectivity index (χ0v) is 7.67. The van der Waals surface area contributed by atoms with Gasteiger partial charge in [-0.1, -0.05) is 0 Å². The third-order valence-electron chi connectivity index (χ3n) is 1.53. The molecule has 0 spiro atoms. The summed E-state index contributed by atoms with van der Waals surface area (Å²) >= 11 is 0. The van der Waals surface area contributed by atoms with Crippen LogP contribution < -0.4 is 9.92 Å². The van der Waals surface area contributed by atoms with Gasteiger partial charge in [0.1, 0.15) is 6.11 Å². The van der Waals surface area contributed by atoms with Crippen molar-refractivity contribution in [2.75, 3.05) is 5.73 Å². The first-order valence-corrected chi connectivity index (χ1v) is 4.93. The normalized spacial score (nSPS) is 16.3. The van der Waals surface area contributed by atoms with E-state index >= 15 is 0 Å². The van der Waals surface area contributed by atoms with Crippen LogP contribution in [0.25, 0.3) is 0 Å². The van der Waals surface area contributed by atoms with E-state index in [1.54, 1.807) is 12.1 Å². The minimum Gasteiger partial charge on any atom is -0.399 e. The zero-order valence-electron chi connectivity index (χ0n) is 6.85. The van der Waals surface area contributed by atoms with Gasteiger partial charge < -0.3 is 9.92 Å². The van der Waals surface area contributed by atoms with Crippen LogP contribution in [-0.4, -0.2) is 8.42 Å². The van der Waals surface area contributed by atoms with Gasteiger partial charge in [0, 0.05) is 11.8 Å². The van der Waals surface area contributed by atoms with Crippen molar-refractivity contribution in [2.24, 2.45) is 0 Å². The van der Waals surface area contributed by atoms with Crippen LogP contribution >= 0.6 is 0 Å². The van der Waals surface area contributed by atoms with Gasteiger partial charge in [0.15, 0.2) is 5.75 Å². The SMILES string of the molecule is Nc1ccc2c(c1)OS(=O)(=O)OC#C2. The Hall–Kier alpha value is -1.87. The Morgan fingerprint density at radius 2 is 2.14 bits per heavy atom. The summed E-state index contributed by atoms with van der Waals surface area (Å²) in [6.07, 6.45) is 2.01. The number of hydrogen-bond donors (Lipinski definition) is 1. The molecule has 1 heterocycles. The highest BCUT2D eigenvalue weighted by Gasteiger charge is 2.18. The van der Waals surface area contributed by atoms with E-state index in [1.807, 2.05) is 6.11 Å². The summed E-state index contributed by atoms with van der Waals surface area (Å²) in [6.45, 7) is 0. The quantitative estimate of drug-likeness (QED) is 0.491. The van der Waals surface area contributed by atoms with Gasteiger partial charge in [-0.2, -0.15) is 0 Å². The van der Waals surface area contributed by atoms with Crippen LogP contribution in [0, 0.1) is 12.0 Å². The highest BCUT2D eigenvalue weighted by molar-refractivity contribution is 7.82. The molecular weight excluding hydrogens is 206 g/mol. The summed E-state index contributed by atoms with van der Waals surface area (Å²) < 4.78 is 30.6. The lowest BCUT2D eigenvalue weighted by Gasteiger charge is -2.03. The van der Waals surface area contributed by atoms with E-state index in [2.05, 4.69) is 14.3 Å². The molecule has 0 aromatic heterocycles. The van der Waals surface area contributed by atoms with Crippen LogP contribution in [0.1, 0.15) is 5.56 Å². The Bertz CT molecular complexity index is 538. The van der Waals surface area contributed by atoms with Crippen molar-refractivity contribution in [2.45, 2.75) is 0 Å². The fourth-order valence-corrected chi connectivity index (χ4v) is 1.50. The lowest BCUT2D eigenvalue weighted by Crippen LogP contribution is -2.09. The fourth-order valence-electron chi connectivity index (χ4n) is 0.965. The van der Waals surface area contributed by atoms with Crippen LogP contribution in [0.4, 0.5) is 5.69 Å². The number of hydrogen-bond acceptors (Lipinski definition) is 5. The zero-order chi connectivity index (χ0) is 10.2. The van der Waals surface area contributed by atoms with Crippen LogP contribution in [0.5, 0.6) is 5.75 Å². The maximum Gasteiger partial charge on any atom is 0.509 e. The number of nitrogen functional groups attached to an aromatic ring is 1. The smallest absolute Gasteiger partial charge is 0.399 e. The summed E-state index contributed by atoms with van der Waals surface area (Å²) in [5, 5.41) is 0. The number of anilines is 1. The van der Waals surface area contributed by atoms with Crippen molar-refractivity contribution < 1.29 is 16.8 Å². The van der Waals surface area contributed by atoms with Gasteiger partial charge in [0.05, 0.1) is 5.56 Å². The molecule has 14 heavy (non-hydrogen) atoms. The van der Waals surface area contributed by atoms with Gasteiger partial charge >= 0.3 is 10.4 Å². The molecule has 2 rings (SSSR count). The number of benzene rings is 1. The molecule has 1 aliphatic rings. The Labute approximate surface area is 80.8 Å². The molecule has 0 saturated heterocycles. The van der Waals surface area contributed by atoms with E-state index < -0.39 is 10.4 Å². The topological polar surface area (TPSA) is 78.6 Å². The molecule has 5 nitrogen and oxygen atoms in total. The molecule has 0 fully saturated rings. The van der Waals surface area contributed by atoms with Gasteiger partial charge in [0.25, 0.3) is 0 Å². The van der Waals surface area contributed by atoms with E-state index in [1.165, 1.54) is 6.07 Å². The molecule has 0 radical (unpaired) electrons. The summed E-state index contributed by atoms with van der Waals surface area (Å²) in [5.74, 6) is 2.55. The highest BCUT2D eigenvalue weighted by atomic mass is 32.3. The Morgan fingerprint density at radius 1 is 1.36 bits per heavy atom. The van der Waals surface area contributed by atoms with Gasteiger partial charge in [-0.15, -0.1) is 8.42 Å². The van der Waals surface area contributed by atoms with Crippen molar-refractivity contribution in [3.8, 4) is 17.8 Å². The second-order valence-corrected chi connectivity index (χ2v) is 3.71. The summed E-state index contributed by atoms with van der Waals surface area (Å²) in [6, 6.07) is 4.52. The molecule has 0 atom stereocenters. The molecule has 1 aromatic carbocycles. The van der Waals surface area contributed by atoms with Crippen molar-refractivity contribution in [1.29, 1.82) is 0 Å². The first-order valence-electron chi connectivity index (χ1n) is 3.60. The average molecular weight is 211 g/mol. The first-order chi connectivity index (χ1) is 6.57. The predicted molar refractivity (Wildman–Crippen MR) is 48.4 cm³/mol.